The summed E-state index contributed by atoms with van der Waals surface area (Å²) in [5.41, 5.74) is -0.481. The van der Waals surface area contributed by atoms with E-state index in [0.29, 0.717) is 44.0 Å². The molecule has 1 atom stereocenters. The second-order valence-corrected chi connectivity index (χ2v) is 8.18. The van der Waals surface area contributed by atoms with Crippen LogP contribution in [0.25, 0.3) is 0 Å². The summed E-state index contributed by atoms with van der Waals surface area (Å²) in [4.78, 5) is 24.5. The van der Waals surface area contributed by atoms with Gasteiger partial charge in [0.05, 0.1) is 17.2 Å². The SMILES string of the molecule is O=C(c1cccnc1)N1CC(O)CC2(CCN(c3ccc(C(F)(F)F)cn3)CC2)C1. The van der Waals surface area contributed by atoms with Gasteiger partial charge in [-0.2, -0.15) is 13.2 Å². The van der Waals surface area contributed by atoms with Gasteiger partial charge in [-0.15, -0.1) is 0 Å². The highest BCUT2D eigenvalue weighted by atomic mass is 19.4. The standard InChI is InChI=1S/C21H23F3N4O2/c22-21(23,24)16-3-4-18(26-12-16)27-8-5-20(6-9-27)10-17(29)13-28(14-20)19(30)15-2-1-7-25-11-15/h1-4,7,11-12,17,29H,5-6,8-10,13-14H2. The second-order valence-electron chi connectivity index (χ2n) is 8.18. The molecule has 6 nitrogen and oxygen atoms in total. The Kier molecular flexibility index (Phi) is 5.40. The number of amides is 1. The maximum Gasteiger partial charge on any atom is 0.417 e. The molecule has 0 saturated carbocycles. The van der Waals surface area contributed by atoms with Crippen LogP contribution in [0.1, 0.15) is 35.2 Å². The van der Waals surface area contributed by atoms with Gasteiger partial charge in [0.25, 0.3) is 5.91 Å². The van der Waals surface area contributed by atoms with Gasteiger partial charge in [0, 0.05) is 44.8 Å². The van der Waals surface area contributed by atoms with Gasteiger partial charge in [0.2, 0.25) is 0 Å². The van der Waals surface area contributed by atoms with Crippen molar-refractivity contribution < 1.29 is 23.1 Å². The van der Waals surface area contributed by atoms with Crippen LogP contribution in [-0.2, 0) is 6.18 Å². The number of nitrogens with zero attached hydrogens (tertiary/aromatic N) is 4. The first-order valence-electron chi connectivity index (χ1n) is 9.91. The molecule has 4 heterocycles. The summed E-state index contributed by atoms with van der Waals surface area (Å²) in [5, 5.41) is 10.4. The molecule has 1 N–H and O–H groups in total. The zero-order chi connectivity index (χ0) is 21.4. The number of halogens is 3. The number of β-amino-alcohol motifs (C(OH)–C–C–N with tert-alkyl or cyclic N) is 1. The topological polar surface area (TPSA) is 69.6 Å². The summed E-state index contributed by atoms with van der Waals surface area (Å²) in [6, 6.07) is 5.86. The summed E-state index contributed by atoms with van der Waals surface area (Å²) in [7, 11) is 0. The predicted molar refractivity (Wildman–Crippen MR) is 104 cm³/mol. The Morgan fingerprint density at radius 3 is 2.53 bits per heavy atom. The van der Waals surface area contributed by atoms with E-state index in [0.717, 1.165) is 25.1 Å². The van der Waals surface area contributed by atoms with Gasteiger partial charge in [0.15, 0.2) is 0 Å². The Balaban J connectivity index is 1.43. The van der Waals surface area contributed by atoms with Crippen LogP contribution in [0, 0.1) is 5.41 Å². The van der Waals surface area contributed by atoms with Crippen LogP contribution in [0.4, 0.5) is 19.0 Å². The summed E-state index contributed by atoms with van der Waals surface area (Å²) < 4.78 is 38.2. The minimum atomic E-state index is -4.40. The number of alkyl halides is 3. The molecule has 4 rings (SSSR count). The molecule has 0 aliphatic carbocycles. The minimum absolute atomic E-state index is 0.145. The Hall–Kier alpha value is -2.68. The number of aromatic nitrogens is 2. The number of rotatable bonds is 2. The van der Waals surface area contributed by atoms with Crippen molar-refractivity contribution in [2.45, 2.75) is 31.5 Å². The first-order valence-corrected chi connectivity index (χ1v) is 9.91. The van der Waals surface area contributed by atoms with Crippen molar-refractivity contribution in [2.75, 3.05) is 31.1 Å². The highest BCUT2D eigenvalue weighted by molar-refractivity contribution is 5.94. The molecule has 9 heteroatoms. The fraction of sp³-hybridized carbons (Fsp3) is 0.476. The summed E-state index contributed by atoms with van der Waals surface area (Å²) in [5.74, 6) is 0.366. The molecule has 2 saturated heterocycles. The Bertz CT molecular complexity index is 881. The Morgan fingerprint density at radius 2 is 1.93 bits per heavy atom. The van der Waals surface area contributed by atoms with E-state index in [2.05, 4.69) is 9.97 Å². The zero-order valence-electron chi connectivity index (χ0n) is 16.3. The highest BCUT2D eigenvalue weighted by Gasteiger charge is 2.43. The van der Waals surface area contributed by atoms with Gasteiger partial charge in [-0.3, -0.25) is 9.78 Å². The highest BCUT2D eigenvalue weighted by Crippen LogP contribution is 2.41. The van der Waals surface area contributed by atoms with E-state index in [1.165, 1.54) is 12.3 Å². The molecule has 1 amide bonds. The zero-order valence-corrected chi connectivity index (χ0v) is 16.3. The van der Waals surface area contributed by atoms with E-state index in [1.54, 1.807) is 23.2 Å². The molecule has 2 fully saturated rings. The lowest BCUT2D eigenvalue weighted by atomic mass is 9.71. The monoisotopic (exact) mass is 420 g/mol. The largest absolute Gasteiger partial charge is 0.417 e. The van der Waals surface area contributed by atoms with Gasteiger partial charge in [-0.05, 0) is 48.9 Å². The molecular formula is C21H23F3N4O2. The van der Waals surface area contributed by atoms with Crippen LogP contribution in [0.15, 0.2) is 42.9 Å². The molecule has 30 heavy (non-hydrogen) atoms. The van der Waals surface area contributed by atoms with Gasteiger partial charge in [-0.25, -0.2) is 4.98 Å². The van der Waals surface area contributed by atoms with Crippen LogP contribution in [0.5, 0.6) is 0 Å². The van der Waals surface area contributed by atoms with Crippen LogP contribution in [0.2, 0.25) is 0 Å². The van der Waals surface area contributed by atoms with Crippen molar-refractivity contribution in [3.63, 3.8) is 0 Å². The Labute approximate surface area is 172 Å². The normalized spacial score (nSPS) is 21.7. The van der Waals surface area contributed by atoms with E-state index in [9.17, 15) is 23.1 Å². The number of pyridine rings is 2. The summed E-state index contributed by atoms with van der Waals surface area (Å²) in [6.07, 6.45) is 1.04. The molecule has 1 unspecified atom stereocenters. The number of hydrogen-bond acceptors (Lipinski definition) is 5. The smallest absolute Gasteiger partial charge is 0.391 e. The van der Waals surface area contributed by atoms with Crippen LogP contribution < -0.4 is 4.90 Å². The number of anilines is 1. The fourth-order valence-corrected chi connectivity index (χ4v) is 4.49. The minimum Gasteiger partial charge on any atom is -0.391 e. The van der Waals surface area contributed by atoms with E-state index in [4.69, 9.17) is 0 Å². The average Bonchev–Trinajstić information content (AvgIpc) is 2.73. The number of carbonyl (C=O) groups excluding carboxylic acids is 1. The van der Waals surface area contributed by atoms with Gasteiger partial charge >= 0.3 is 6.18 Å². The number of aliphatic hydroxyl groups is 1. The van der Waals surface area contributed by atoms with Crippen molar-refractivity contribution in [2.24, 2.45) is 5.41 Å². The number of carbonyl (C=O) groups is 1. The van der Waals surface area contributed by atoms with Crippen molar-refractivity contribution in [3.05, 3.63) is 54.0 Å². The lowest BCUT2D eigenvalue weighted by Crippen LogP contribution is -2.55. The molecule has 0 aromatic carbocycles. The third-order valence-electron chi connectivity index (χ3n) is 6.05. The molecule has 160 valence electrons. The van der Waals surface area contributed by atoms with Gasteiger partial charge in [-0.1, -0.05) is 0 Å². The third-order valence-corrected chi connectivity index (χ3v) is 6.05. The molecule has 0 radical (unpaired) electrons. The number of piperidine rings is 2. The van der Waals surface area contributed by atoms with Crippen molar-refractivity contribution in [3.8, 4) is 0 Å². The quantitative estimate of drug-likeness (QED) is 0.809. The average molecular weight is 420 g/mol. The van der Waals surface area contributed by atoms with Crippen LogP contribution in [0.3, 0.4) is 0 Å². The maximum absolute atomic E-state index is 12.8. The van der Waals surface area contributed by atoms with E-state index in [1.807, 2.05) is 4.90 Å². The number of hydrogen-bond donors (Lipinski definition) is 1. The van der Waals surface area contributed by atoms with E-state index < -0.39 is 17.8 Å². The van der Waals surface area contributed by atoms with Crippen molar-refractivity contribution in [1.82, 2.24) is 14.9 Å². The fourth-order valence-electron chi connectivity index (χ4n) is 4.49. The lowest BCUT2D eigenvalue weighted by molar-refractivity contribution is -0.137. The number of aliphatic hydroxyl groups excluding tert-OH is 1. The van der Waals surface area contributed by atoms with Crippen LogP contribution in [-0.4, -0.2) is 58.2 Å². The molecule has 1 spiro atoms. The summed E-state index contributed by atoms with van der Waals surface area (Å²) >= 11 is 0. The van der Waals surface area contributed by atoms with Gasteiger partial charge in [0.1, 0.15) is 5.82 Å². The molecule has 2 aliphatic heterocycles. The molecule has 2 aromatic rings. The molecule has 0 bridgehead atoms. The Morgan fingerprint density at radius 1 is 1.17 bits per heavy atom. The van der Waals surface area contributed by atoms with Gasteiger partial charge < -0.3 is 14.9 Å². The second kappa shape index (κ2) is 7.86. The first kappa shape index (κ1) is 20.6. The van der Waals surface area contributed by atoms with E-state index in [-0.39, 0.29) is 11.3 Å². The molecule has 2 aromatic heterocycles. The maximum atomic E-state index is 12.8. The summed E-state index contributed by atoms with van der Waals surface area (Å²) in [6.45, 7) is 2.06. The molecule has 2 aliphatic rings. The van der Waals surface area contributed by atoms with Crippen molar-refractivity contribution >= 4 is 11.7 Å². The van der Waals surface area contributed by atoms with Crippen molar-refractivity contribution in [1.29, 1.82) is 0 Å². The van der Waals surface area contributed by atoms with E-state index >= 15 is 0 Å². The third kappa shape index (κ3) is 4.26. The lowest BCUT2D eigenvalue weighted by Gasteiger charge is -2.49. The predicted octanol–water partition coefficient (Wildman–Crippen LogP) is 2.99. The van der Waals surface area contributed by atoms with Crippen LogP contribution >= 0.6 is 0 Å². The molecular weight excluding hydrogens is 397 g/mol. The first-order chi connectivity index (χ1) is 14.3. The number of likely N-dealkylation sites (tertiary alicyclic amines) is 1.